The summed E-state index contributed by atoms with van der Waals surface area (Å²) in [5.41, 5.74) is 0. The Kier molecular flexibility index (Phi) is 9.01. The number of likely N-dealkylation sites (tertiary alicyclic amines) is 1. The molecule has 1 heterocycles. The summed E-state index contributed by atoms with van der Waals surface area (Å²) in [5, 5.41) is 7.54. The van der Waals surface area contributed by atoms with Gasteiger partial charge in [0.1, 0.15) is 11.9 Å². The summed E-state index contributed by atoms with van der Waals surface area (Å²) >= 11 is 5.99. The van der Waals surface area contributed by atoms with E-state index < -0.39 is 0 Å². The fourth-order valence-corrected chi connectivity index (χ4v) is 3.14. The fraction of sp³-hybridized carbons (Fsp3) is 0.632. The molecule has 2 N–H and O–H groups in total. The molecule has 1 unspecified atom stereocenters. The highest BCUT2D eigenvalue weighted by molar-refractivity contribution is 6.30. The van der Waals surface area contributed by atoms with Crippen LogP contribution in [0.5, 0.6) is 5.75 Å². The number of nitrogens with one attached hydrogen (secondary N) is 2. The number of benzene rings is 1. The van der Waals surface area contributed by atoms with Crippen molar-refractivity contribution in [2.45, 2.75) is 31.9 Å². The molecule has 1 aromatic carbocycles. The van der Waals surface area contributed by atoms with Gasteiger partial charge in [-0.15, -0.1) is 0 Å². The fourth-order valence-electron chi connectivity index (χ4n) is 2.96. The van der Waals surface area contributed by atoms with Crippen molar-refractivity contribution in [3.8, 4) is 5.75 Å². The van der Waals surface area contributed by atoms with Gasteiger partial charge in [0.15, 0.2) is 5.96 Å². The second kappa shape index (κ2) is 11.3. The Morgan fingerprint density at radius 2 is 2.15 bits per heavy atom. The highest BCUT2D eigenvalue weighted by Crippen LogP contribution is 2.18. The number of nitrogens with zero attached hydrogens (tertiary/aromatic N) is 2. The van der Waals surface area contributed by atoms with Crippen LogP contribution in [0.15, 0.2) is 29.3 Å². The molecule has 1 aromatic rings. The molecule has 146 valence electrons. The maximum atomic E-state index is 5.99. The SMILES string of the molecule is CN=C(NCC(C)Oc1cccc(Cl)c1)NC1CCN(CCOC)CC1. The minimum Gasteiger partial charge on any atom is -0.489 e. The van der Waals surface area contributed by atoms with Crippen LogP contribution in [0.1, 0.15) is 19.8 Å². The zero-order chi connectivity index (χ0) is 18.8. The van der Waals surface area contributed by atoms with Gasteiger partial charge in [-0.2, -0.15) is 0 Å². The Labute approximate surface area is 161 Å². The first-order valence-corrected chi connectivity index (χ1v) is 9.59. The number of hydrogen-bond acceptors (Lipinski definition) is 4. The predicted molar refractivity (Wildman–Crippen MR) is 107 cm³/mol. The second-order valence-corrected chi connectivity index (χ2v) is 7.03. The van der Waals surface area contributed by atoms with Gasteiger partial charge in [-0.3, -0.25) is 4.99 Å². The van der Waals surface area contributed by atoms with Gasteiger partial charge in [0, 0.05) is 44.9 Å². The third kappa shape index (κ3) is 7.40. The molecule has 1 aliphatic heterocycles. The van der Waals surface area contributed by atoms with E-state index in [2.05, 4.69) is 20.5 Å². The summed E-state index contributed by atoms with van der Waals surface area (Å²) in [6.07, 6.45) is 2.22. The van der Waals surface area contributed by atoms with E-state index in [0.717, 1.165) is 50.8 Å². The van der Waals surface area contributed by atoms with E-state index in [1.165, 1.54) is 0 Å². The van der Waals surface area contributed by atoms with Crippen LogP contribution >= 0.6 is 11.6 Å². The molecule has 0 bridgehead atoms. The number of hydrogen-bond donors (Lipinski definition) is 2. The lowest BCUT2D eigenvalue weighted by atomic mass is 10.1. The lowest BCUT2D eigenvalue weighted by molar-refractivity contribution is 0.128. The molecule has 1 saturated heterocycles. The normalized spacial score (nSPS) is 17.8. The Hall–Kier alpha value is -1.50. The van der Waals surface area contributed by atoms with E-state index >= 15 is 0 Å². The molecule has 2 rings (SSSR count). The summed E-state index contributed by atoms with van der Waals surface area (Å²) in [6, 6.07) is 7.90. The zero-order valence-electron chi connectivity index (χ0n) is 16.0. The maximum absolute atomic E-state index is 5.99. The topological polar surface area (TPSA) is 58.1 Å². The first-order valence-electron chi connectivity index (χ1n) is 9.21. The number of halogens is 1. The van der Waals surface area contributed by atoms with Gasteiger partial charge < -0.3 is 25.0 Å². The van der Waals surface area contributed by atoms with Crippen molar-refractivity contribution < 1.29 is 9.47 Å². The van der Waals surface area contributed by atoms with Crippen molar-refractivity contribution in [2.75, 3.05) is 46.9 Å². The van der Waals surface area contributed by atoms with Crippen molar-refractivity contribution >= 4 is 17.6 Å². The maximum Gasteiger partial charge on any atom is 0.191 e. The Morgan fingerprint density at radius 3 is 2.81 bits per heavy atom. The van der Waals surface area contributed by atoms with Gasteiger partial charge >= 0.3 is 0 Å². The van der Waals surface area contributed by atoms with Crippen molar-refractivity contribution in [1.82, 2.24) is 15.5 Å². The first-order chi connectivity index (χ1) is 12.6. The number of aliphatic imine (C=N–C) groups is 1. The van der Waals surface area contributed by atoms with Gasteiger partial charge in [0.2, 0.25) is 0 Å². The number of methoxy groups -OCH3 is 1. The van der Waals surface area contributed by atoms with Crippen LogP contribution < -0.4 is 15.4 Å². The van der Waals surface area contributed by atoms with Gasteiger partial charge in [-0.1, -0.05) is 17.7 Å². The molecule has 0 saturated carbocycles. The summed E-state index contributed by atoms with van der Waals surface area (Å²) in [7, 11) is 3.55. The molecule has 0 amide bonds. The minimum absolute atomic E-state index is 0.00269. The van der Waals surface area contributed by atoms with Gasteiger partial charge in [-0.05, 0) is 38.0 Å². The molecule has 0 spiro atoms. The highest BCUT2D eigenvalue weighted by atomic mass is 35.5. The Morgan fingerprint density at radius 1 is 1.38 bits per heavy atom. The third-order valence-electron chi connectivity index (χ3n) is 4.45. The van der Waals surface area contributed by atoms with Crippen LogP contribution in [0.4, 0.5) is 0 Å². The third-order valence-corrected chi connectivity index (χ3v) is 4.69. The van der Waals surface area contributed by atoms with E-state index in [1.54, 1.807) is 14.2 Å². The largest absolute Gasteiger partial charge is 0.489 e. The van der Waals surface area contributed by atoms with Crippen LogP contribution in [0.25, 0.3) is 0 Å². The first kappa shape index (κ1) is 20.8. The van der Waals surface area contributed by atoms with Crippen LogP contribution in [0.3, 0.4) is 0 Å². The van der Waals surface area contributed by atoms with Crippen LogP contribution in [-0.2, 0) is 4.74 Å². The van der Waals surface area contributed by atoms with Crippen LogP contribution in [-0.4, -0.2) is 69.9 Å². The smallest absolute Gasteiger partial charge is 0.191 e. The number of piperidine rings is 1. The molecule has 0 radical (unpaired) electrons. The molecule has 1 aliphatic rings. The average Bonchev–Trinajstić information content (AvgIpc) is 2.64. The van der Waals surface area contributed by atoms with E-state index in [0.29, 0.717) is 17.6 Å². The number of rotatable bonds is 8. The van der Waals surface area contributed by atoms with E-state index in [-0.39, 0.29) is 6.10 Å². The molecular weight excluding hydrogens is 352 g/mol. The molecule has 0 aliphatic carbocycles. The molecule has 1 fully saturated rings. The van der Waals surface area contributed by atoms with Gasteiger partial charge in [-0.25, -0.2) is 0 Å². The van der Waals surface area contributed by atoms with Gasteiger partial charge in [0.05, 0.1) is 13.2 Å². The summed E-state index contributed by atoms with van der Waals surface area (Å²) in [4.78, 5) is 6.77. The minimum atomic E-state index is 0.00269. The van der Waals surface area contributed by atoms with Gasteiger partial charge in [0.25, 0.3) is 0 Å². The quantitative estimate of drug-likeness (QED) is 0.534. The molecule has 6 nitrogen and oxygen atoms in total. The summed E-state index contributed by atoms with van der Waals surface area (Å²) < 4.78 is 11.0. The monoisotopic (exact) mass is 382 g/mol. The van der Waals surface area contributed by atoms with E-state index in [4.69, 9.17) is 21.1 Å². The Balaban J connectivity index is 1.69. The molecular formula is C19H31ClN4O2. The van der Waals surface area contributed by atoms with Crippen LogP contribution in [0, 0.1) is 0 Å². The summed E-state index contributed by atoms with van der Waals surface area (Å²) in [6.45, 7) is 6.67. The van der Waals surface area contributed by atoms with Crippen molar-refractivity contribution in [1.29, 1.82) is 0 Å². The standard InChI is InChI=1S/C19H31ClN4O2/c1-15(26-18-6-4-5-16(20)13-18)14-22-19(21-2)23-17-7-9-24(10-8-17)11-12-25-3/h4-6,13,15,17H,7-12,14H2,1-3H3,(H2,21,22,23). The summed E-state index contributed by atoms with van der Waals surface area (Å²) in [5.74, 6) is 1.60. The van der Waals surface area contributed by atoms with Crippen LogP contribution in [0.2, 0.25) is 5.02 Å². The number of ether oxygens (including phenoxy) is 2. The molecule has 1 atom stereocenters. The second-order valence-electron chi connectivity index (χ2n) is 6.59. The highest BCUT2D eigenvalue weighted by Gasteiger charge is 2.19. The van der Waals surface area contributed by atoms with E-state index in [9.17, 15) is 0 Å². The molecule has 0 aromatic heterocycles. The molecule has 26 heavy (non-hydrogen) atoms. The zero-order valence-corrected chi connectivity index (χ0v) is 16.8. The lowest BCUT2D eigenvalue weighted by Crippen LogP contribution is -2.50. The predicted octanol–water partition coefficient (Wildman–Crippen LogP) is 2.38. The number of guanidine groups is 1. The molecule has 7 heteroatoms. The van der Waals surface area contributed by atoms with Crippen molar-refractivity contribution in [3.63, 3.8) is 0 Å². The van der Waals surface area contributed by atoms with E-state index in [1.807, 2.05) is 31.2 Å². The Bertz CT molecular complexity index is 562. The van der Waals surface area contributed by atoms with Crippen molar-refractivity contribution in [3.05, 3.63) is 29.3 Å². The lowest BCUT2D eigenvalue weighted by Gasteiger charge is -2.33. The average molecular weight is 383 g/mol. The van der Waals surface area contributed by atoms with Crippen molar-refractivity contribution in [2.24, 2.45) is 4.99 Å².